The van der Waals surface area contributed by atoms with Gasteiger partial charge < -0.3 is 18.9 Å². The molecule has 0 amide bonds. The average Bonchev–Trinajstić information content (AvgIpc) is 2.98. The third kappa shape index (κ3) is 10.7. The van der Waals surface area contributed by atoms with Crippen molar-refractivity contribution in [1.29, 1.82) is 0 Å². The Bertz CT molecular complexity index is 1060. The van der Waals surface area contributed by atoms with Crippen LogP contribution in [0.1, 0.15) is 114 Å². The molecule has 42 heavy (non-hydrogen) atoms. The zero-order chi connectivity index (χ0) is 30.9. The van der Waals surface area contributed by atoms with E-state index in [1.807, 2.05) is 0 Å². The third-order valence-corrected chi connectivity index (χ3v) is 6.62. The Morgan fingerprint density at radius 3 is 1.40 bits per heavy atom. The molecule has 2 aromatic rings. The van der Waals surface area contributed by atoms with Crippen LogP contribution >= 0.6 is 0 Å². The Kier molecular flexibility index (Phi) is 16.1. The molecule has 0 aliphatic rings. The van der Waals surface area contributed by atoms with Gasteiger partial charge in [0.05, 0.1) is 19.8 Å². The molecule has 0 unspecified atom stereocenters. The summed E-state index contributed by atoms with van der Waals surface area (Å²) in [5, 5.41) is 0. The largest absolute Gasteiger partial charge is 0.490 e. The van der Waals surface area contributed by atoms with E-state index in [4.69, 9.17) is 18.9 Å². The topological polar surface area (TPSA) is 54.0 Å². The highest BCUT2D eigenvalue weighted by atomic mass is 19.2. The number of rotatable bonds is 21. The van der Waals surface area contributed by atoms with Crippen LogP contribution in [-0.2, 0) is 11.3 Å². The molecule has 0 radical (unpaired) electrons. The average molecular weight is 603 g/mol. The van der Waals surface area contributed by atoms with Crippen LogP contribution in [0, 0.1) is 29.1 Å². The molecule has 0 bridgehead atoms. The summed E-state index contributed by atoms with van der Waals surface area (Å²) in [7, 11) is 0. The third-order valence-electron chi connectivity index (χ3n) is 6.62. The Morgan fingerprint density at radius 2 is 0.976 bits per heavy atom. The lowest BCUT2D eigenvalue weighted by atomic mass is 10.1. The van der Waals surface area contributed by atoms with Gasteiger partial charge in [-0.1, -0.05) is 78.6 Å². The first-order valence-corrected chi connectivity index (χ1v) is 15.0. The van der Waals surface area contributed by atoms with Gasteiger partial charge in [-0.25, -0.2) is 26.7 Å². The lowest BCUT2D eigenvalue weighted by molar-refractivity contribution is 0.0457. The molecule has 0 fully saturated rings. The molecule has 2 rings (SSSR count). The highest BCUT2D eigenvalue weighted by Crippen LogP contribution is 2.40. The molecular formula is C32H43F5O5. The van der Waals surface area contributed by atoms with Crippen molar-refractivity contribution in [3.8, 4) is 17.2 Å². The molecule has 0 saturated carbocycles. The first kappa shape index (κ1) is 35.2. The maximum absolute atomic E-state index is 14.1. The summed E-state index contributed by atoms with van der Waals surface area (Å²) >= 11 is 0. The summed E-state index contributed by atoms with van der Waals surface area (Å²) in [4.78, 5) is 12.4. The van der Waals surface area contributed by atoms with Gasteiger partial charge >= 0.3 is 5.97 Å². The van der Waals surface area contributed by atoms with E-state index < -0.39 is 47.2 Å². The van der Waals surface area contributed by atoms with Gasteiger partial charge in [0.1, 0.15) is 12.2 Å². The minimum atomic E-state index is -2.35. The summed E-state index contributed by atoms with van der Waals surface area (Å²) in [5.74, 6) is -11.9. The van der Waals surface area contributed by atoms with Crippen molar-refractivity contribution in [2.24, 2.45) is 0 Å². The molecule has 0 saturated heterocycles. The predicted octanol–water partition coefficient (Wildman–Crippen LogP) is 9.62. The summed E-state index contributed by atoms with van der Waals surface area (Å²) in [6, 6.07) is 3.13. The van der Waals surface area contributed by atoms with Crippen LogP contribution in [0.3, 0.4) is 0 Å². The zero-order valence-corrected chi connectivity index (χ0v) is 24.9. The molecule has 0 aliphatic carbocycles. The molecule has 0 heterocycles. The van der Waals surface area contributed by atoms with Crippen molar-refractivity contribution in [3.05, 3.63) is 52.3 Å². The maximum atomic E-state index is 14.1. The number of ether oxygens (including phenoxy) is 4. The second-order valence-electron chi connectivity index (χ2n) is 10.2. The smallest absolute Gasteiger partial charge is 0.344 e. The van der Waals surface area contributed by atoms with Crippen molar-refractivity contribution >= 4 is 5.97 Å². The van der Waals surface area contributed by atoms with Gasteiger partial charge in [0.25, 0.3) is 0 Å². The van der Waals surface area contributed by atoms with Crippen molar-refractivity contribution in [1.82, 2.24) is 0 Å². The van der Waals surface area contributed by atoms with E-state index in [9.17, 15) is 26.7 Å². The van der Waals surface area contributed by atoms with Crippen molar-refractivity contribution in [2.75, 3.05) is 19.8 Å². The normalized spacial score (nSPS) is 11.0. The van der Waals surface area contributed by atoms with Gasteiger partial charge in [0.2, 0.25) is 11.6 Å². The van der Waals surface area contributed by atoms with E-state index in [2.05, 4.69) is 20.8 Å². The number of hydrogen-bond acceptors (Lipinski definition) is 5. The second-order valence-corrected chi connectivity index (χ2v) is 10.2. The van der Waals surface area contributed by atoms with Crippen LogP contribution in [0.15, 0.2) is 12.1 Å². The van der Waals surface area contributed by atoms with E-state index in [0.717, 1.165) is 77.0 Å². The molecule has 0 spiro atoms. The van der Waals surface area contributed by atoms with Gasteiger partial charge in [-0.3, -0.25) is 0 Å². The van der Waals surface area contributed by atoms with Crippen LogP contribution in [0.25, 0.3) is 0 Å². The van der Waals surface area contributed by atoms with Crippen LogP contribution in [0.4, 0.5) is 22.0 Å². The maximum Gasteiger partial charge on any atom is 0.344 e. The number of unbranched alkanes of at least 4 members (excludes halogenated alkanes) is 9. The van der Waals surface area contributed by atoms with E-state index >= 15 is 0 Å². The fourth-order valence-corrected chi connectivity index (χ4v) is 4.20. The quantitative estimate of drug-likeness (QED) is 0.0468. The van der Waals surface area contributed by atoms with E-state index in [1.165, 1.54) is 0 Å². The van der Waals surface area contributed by atoms with Crippen LogP contribution in [0.2, 0.25) is 0 Å². The monoisotopic (exact) mass is 602 g/mol. The molecule has 5 nitrogen and oxygen atoms in total. The highest BCUT2D eigenvalue weighted by molar-refractivity contribution is 5.90. The summed E-state index contributed by atoms with van der Waals surface area (Å²) < 4.78 is 92.1. The number of halogens is 5. The fourth-order valence-electron chi connectivity index (χ4n) is 4.20. The molecule has 0 aromatic heterocycles. The van der Waals surface area contributed by atoms with Crippen molar-refractivity contribution in [2.45, 2.75) is 104 Å². The number of hydrogen-bond donors (Lipinski definition) is 0. The second kappa shape index (κ2) is 19.2. The van der Waals surface area contributed by atoms with Gasteiger partial charge in [0, 0.05) is 0 Å². The van der Waals surface area contributed by atoms with Crippen LogP contribution in [0.5, 0.6) is 17.2 Å². The van der Waals surface area contributed by atoms with Gasteiger partial charge in [-0.2, -0.15) is 0 Å². The number of benzene rings is 2. The summed E-state index contributed by atoms with van der Waals surface area (Å²) in [5.41, 5.74) is -1.32. The molecule has 236 valence electrons. The Labute approximate surface area is 245 Å². The van der Waals surface area contributed by atoms with Crippen molar-refractivity contribution < 1.29 is 45.7 Å². The van der Waals surface area contributed by atoms with Gasteiger partial charge in [0.15, 0.2) is 34.8 Å². The molecule has 0 N–H and O–H groups in total. The van der Waals surface area contributed by atoms with E-state index in [0.29, 0.717) is 42.6 Å². The fraction of sp³-hybridized carbons (Fsp3) is 0.594. The summed E-state index contributed by atoms with van der Waals surface area (Å²) in [6.45, 7) is 7.03. The number of carbonyl (C=O) groups is 1. The first-order chi connectivity index (χ1) is 20.3. The molecular weight excluding hydrogens is 559 g/mol. The minimum absolute atomic E-state index is 0.331. The Balaban J connectivity index is 2.32. The standard InChI is InChI=1S/C32H43F5O5/c1-4-7-10-13-16-39-23-19-22(21-42-32(38)25-26(33)28(35)30(37)29(36)27(25)34)20-24(40-17-14-11-8-5-2)31(23)41-18-15-12-9-6-3/h19-20H,4-18,21H2,1-3H3. The summed E-state index contributed by atoms with van der Waals surface area (Å²) in [6.07, 6.45) is 11.8. The number of esters is 1. The zero-order valence-electron chi connectivity index (χ0n) is 24.9. The predicted molar refractivity (Wildman–Crippen MR) is 151 cm³/mol. The first-order valence-electron chi connectivity index (χ1n) is 15.0. The van der Waals surface area contributed by atoms with Crippen LogP contribution in [-0.4, -0.2) is 25.8 Å². The van der Waals surface area contributed by atoms with Gasteiger partial charge in [-0.15, -0.1) is 0 Å². The lowest BCUT2D eigenvalue weighted by Crippen LogP contribution is -2.15. The Hall–Kier alpha value is -3.04. The SMILES string of the molecule is CCCCCCOc1cc(COC(=O)c2c(F)c(F)c(F)c(F)c2F)cc(OCCCCCC)c1OCCCCCC. The molecule has 0 aliphatic heterocycles. The molecule has 10 heteroatoms. The van der Waals surface area contributed by atoms with Crippen LogP contribution < -0.4 is 14.2 Å². The van der Waals surface area contributed by atoms with Gasteiger partial charge in [-0.05, 0) is 37.0 Å². The molecule has 0 atom stereocenters. The van der Waals surface area contributed by atoms with Crippen molar-refractivity contribution in [3.63, 3.8) is 0 Å². The van der Waals surface area contributed by atoms with E-state index in [-0.39, 0.29) is 0 Å². The molecule has 2 aromatic carbocycles. The highest BCUT2D eigenvalue weighted by Gasteiger charge is 2.31. The van der Waals surface area contributed by atoms with E-state index in [1.54, 1.807) is 12.1 Å². The number of carbonyl (C=O) groups excluding carboxylic acids is 1. The lowest BCUT2D eigenvalue weighted by Gasteiger charge is -2.19. The Morgan fingerprint density at radius 1 is 0.571 bits per heavy atom. The minimum Gasteiger partial charge on any atom is -0.490 e.